The van der Waals surface area contributed by atoms with E-state index in [1.165, 1.54) is 10.7 Å². The van der Waals surface area contributed by atoms with Crippen LogP contribution in [0.3, 0.4) is 0 Å². The molecule has 2 heterocycles. The lowest BCUT2D eigenvalue weighted by Gasteiger charge is -2.05. The summed E-state index contributed by atoms with van der Waals surface area (Å²) in [6.07, 6.45) is 1.65. The number of halogens is 1. The van der Waals surface area contributed by atoms with Gasteiger partial charge in [0.2, 0.25) is 0 Å². The maximum Gasteiger partial charge on any atom is 0.186 e. The van der Waals surface area contributed by atoms with Crippen LogP contribution in [0.5, 0.6) is 0 Å². The topological polar surface area (TPSA) is 88.1 Å². The summed E-state index contributed by atoms with van der Waals surface area (Å²) in [7, 11) is 0. The quantitative estimate of drug-likeness (QED) is 0.552. The standard InChI is InChI=1S/C18H12FN7S/c19-15-3-1-2-4-16(15)26-18(27)14(10-21-26)17-22-23-24-25(17)11-13-7-5-12(9-20)6-8-13/h1-8,10,21H,11H2. The number of aromatic amines is 1. The zero-order valence-electron chi connectivity index (χ0n) is 13.9. The van der Waals surface area contributed by atoms with Gasteiger partial charge >= 0.3 is 0 Å². The van der Waals surface area contributed by atoms with E-state index >= 15 is 0 Å². The lowest BCUT2D eigenvalue weighted by atomic mass is 10.1. The molecule has 0 bridgehead atoms. The minimum atomic E-state index is -0.390. The maximum atomic E-state index is 14.1. The smallest absolute Gasteiger partial charge is 0.186 e. The van der Waals surface area contributed by atoms with E-state index in [-0.39, 0.29) is 5.82 Å². The number of benzene rings is 2. The Kier molecular flexibility index (Phi) is 4.32. The molecule has 0 fully saturated rings. The molecule has 2 aromatic heterocycles. The molecule has 1 N–H and O–H groups in total. The normalized spacial score (nSPS) is 10.7. The van der Waals surface area contributed by atoms with E-state index in [1.807, 2.05) is 12.1 Å². The SMILES string of the molecule is N#Cc1ccc(Cn2nnnc2-c2c[nH]n(-c3ccccc3F)c2=S)cc1. The number of nitriles is 1. The number of rotatable bonds is 4. The predicted octanol–water partition coefficient (Wildman–Crippen LogP) is 3.25. The largest absolute Gasteiger partial charge is 0.299 e. The number of para-hydroxylation sites is 1. The Labute approximate surface area is 158 Å². The summed E-state index contributed by atoms with van der Waals surface area (Å²) in [6.45, 7) is 0.410. The van der Waals surface area contributed by atoms with Gasteiger partial charge in [-0.2, -0.15) is 5.26 Å². The Balaban J connectivity index is 1.70. The Bertz CT molecular complexity index is 1200. The lowest BCUT2D eigenvalue weighted by Crippen LogP contribution is -2.04. The van der Waals surface area contributed by atoms with Crippen molar-refractivity contribution in [3.05, 3.63) is 76.3 Å². The molecule has 0 aliphatic rings. The fourth-order valence-electron chi connectivity index (χ4n) is 2.70. The van der Waals surface area contributed by atoms with Crippen LogP contribution in [0, 0.1) is 21.8 Å². The second-order valence-electron chi connectivity index (χ2n) is 5.75. The third-order valence-electron chi connectivity index (χ3n) is 4.05. The Morgan fingerprint density at radius 2 is 1.93 bits per heavy atom. The van der Waals surface area contributed by atoms with Crippen molar-refractivity contribution in [3.8, 4) is 23.1 Å². The van der Waals surface area contributed by atoms with Crippen LogP contribution in [-0.2, 0) is 6.54 Å². The Hall–Kier alpha value is -3.64. The highest BCUT2D eigenvalue weighted by atomic mass is 32.1. The van der Waals surface area contributed by atoms with Crippen LogP contribution in [0.2, 0.25) is 0 Å². The van der Waals surface area contributed by atoms with Gasteiger partial charge in [-0.25, -0.2) is 13.8 Å². The molecule has 4 rings (SSSR count). The summed E-state index contributed by atoms with van der Waals surface area (Å²) in [6, 6.07) is 15.6. The van der Waals surface area contributed by atoms with Crippen molar-refractivity contribution >= 4 is 12.2 Å². The van der Waals surface area contributed by atoms with Gasteiger partial charge in [-0.1, -0.05) is 36.5 Å². The van der Waals surface area contributed by atoms with Crippen molar-refractivity contribution in [3.63, 3.8) is 0 Å². The minimum Gasteiger partial charge on any atom is -0.299 e. The third kappa shape index (κ3) is 3.14. The summed E-state index contributed by atoms with van der Waals surface area (Å²) in [5, 5.41) is 23.7. The first kappa shape index (κ1) is 16.8. The van der Waals surface area contributed by atoms with Crippen molar-refractivity contribution in [2.45, 2.75) is 6.54 Å². The van der Waals surface area contributed by atoms with Crippen molar-refractivity contribution in [2.24, 2.45) is 0 Å². The second kappa shape index (κ2) is 6.93. The first-order valence-electron chi connectivity index (χ1n) is 7.98. The number of aromatic nitrogens is 6. The zero-order valence-corrected chi connectivity index (χ0v) is 14.7. The molecule has 0 saturated carbocycles. The monoisotopic (exact) mass is 377 g/mol. The Morgan fingerprint density at radius 1 is 1.15 bits per heavy atom. The highest BCUT2D eigenvalue weighted by Crippen LogP contribution is 2.22. The third-order valence-corrected chi connectivity index (χ3v) is 4.46. The molecular weight excluding hydrogens is 365 g/mol. The lowest BCUT2D eigenvalue weighted by molar-refractivity contribution is 0.610. The van der Waals surface area contributed by atoms with Crippen LogP contribution >= 0.6 is 12.2 Å². The van der Waals surface area contributed by atoms with Crippen LogP contribution in [0.1, 0.15) is 11.1 Å². The van der Waals surface area contributed by atoms with E-state index in [0.29, 0.717) is 33.8 Å². The van der Waals surface area contributed by atoms with Gasteiger partial charge in [-0.3, -0.25) is 5.10 Å². The average molecular weight is 377 g/mol. The summed E-state index contributed by atoms with van der Waals surface area (Å²) >= 11 is 5.49. The van der Waals surface area contributed by atoms with Gasteiger partial charge in [0, 0.05) is 6.20 Å². The van der Waals surface area contributed by atoms with Crippen LogP contribution < -0.4 is 0 Å². The molecule has 0 saturated heterocycles. The molecule has 7 nitrogen and oxygen atoms in total. The summed E-state index contributed by atoms with van der Waals surface area (Å²) in [4.78, 5) is 0. The zero-order chi connectivity index (χ0) is 18.8. The van der Waals surface area contributed by atoms with Crippen molar-refractivity contribution < 1.29 is 4.39 Å². The van der Waals surface area contributed by atoms with Gasteiger partial charge in [0.1, 0.15) is 10.5 Å². The van der Waals surface area contributed by atoms with E-state index in [0.717, 1.165) is 5.56 Å². The highest BCUT2D eigenvalue weighted by molar-refractivity contribution is 7.71. The number of hydrogen-bond acceptors (Lipinski definition) is 5. The van der Waals surface area contributed by atoms with Crippen molar-refractivity contribution in [1.82, 2.24) is 30.0 Å². The molecule has 0 aliphatic heterocycles. The summed E-state index contributed by atoms with van der Waals surface area (Å²) in [5.74, 6) is 0.0786. The first-order chi connectivity index (χ1) is 13.2. The number of tetrazole rings is 1. The molecule has 0 amide bonds. The summed E-state index contributed by atoms with van der Waals surface area (Å²) < 4.78 is 17.5. The molecule has 9 heteroatoms. The number of nitrogens with one attached hydrogen (secondary N) is 1. The molecule has 0 aliphatic carbocycles. The second-order valence-corrected chi connectivity index (χ2v) is 6.13. The van der Waals surface area contributed by atoms with Crippen LogP contribution in [-0.4, -0.2) is 30.0 Å². The molecule has 0 atom stereocenters. The maximum absolute atomic E-state index is 14.1. The van der Waals surface area contributed by atoms with Crippen LogP contribution in [0.15, 0.2) is 54.7 Å². The number of nitrogens with zero attached hydrogens (tertiary/aromatic N) is 6. The van der Waals surface area contributed by atoms with Crippen LogP contribution in [0.4, 0.5) is 4.39 Å². The van der Waals surface area contributed by atoms with Gasteiger partial charge in [0.15, 0.2) is 5.82 Å². The fraction of sp³-hybridized carbons (Fsp3) is 0.0556. The van der Waals surface area contributed by atoms with Crippen LogP contribution in [0.25, 0.3) is 17.1 Å². The van der Waals surface area contributed by atoms with Gasteiger partial charge in [-0.15, -0.1) is 5.10 Å². The average Bonchev–Trinajstić information content (AvgIpc) is 3.29. The van der Waals surface area contributed by atoms with E-state index in [1.54, 1.807) is 41.2 Å². The molecule has 0 spiro atoms. The number of H-pyrrole nitrogens is 1. The van der Waals surface area contributed by atoms with Crippen molar-refractivity contribution in [1.29, 1.82) is 5.26 Å². The van der Waals surface area contributed by atoms with E-state index < -0.39 is 0 Å². The highest BCUT2D eigenvalue weighted by Gasteiger charge is 2.16. The van der Waals surface area contributed by atoms with E-state index in [2.05, 4.69) is 26.7 Å². The van der Waals surface area contributed by atoms with Gasteiger partial charge < -0.3 is 0 Å². The molecule has 4 aromatic rings. The molecule has 27 heavy (non-hydrogen) atoms. The van der Waals surface area contributed by atoms with Gasteiger partial charge in [0.25, 0.3) is 0 Å². The molecule has 0 radical (unpaired) electrons. The number of hydrogen-bond donors (Lipinski definition) is 1. The molecule has 132 valence electrons. The molecular formula is C18H12FN7S. The van der Waals surface area contributed by atoms with Gasteiger partial charge in [0.05, 0.1) is 29.4 Å². The van der Waals surface area contributed by atoms with E-state index in [9.17, 15) is 4.39 Å². The summed E-state index contributed by atoms with van der Waals surface area (Å²) in [5.41, 5.74) is 2.43. The van der Waals surface area contributed by atoms with Gasteiger partial charge in [-0.05, 0) is 40.3 Å². The van der Waals surface area contributed by atoms with Crippen molar-refractivity contribution in [2.75, 3.05) is 0 Å². The Morgan fingerprint density at radius 3 is 2.67 bits per heavy atom. The first-order valence-corrected chi connectivity index (χ1v) is 8.39. The predicted molar refractivity (Wildman–Crippen MR) is 98.0 cm³/mol. The fourth-order valence-corrected chi connectivity index (χ4v) is 3.01. The molecule has 2 aromatic carbocycles. The molecule has 0 unspecified atom stereocenters. The van der Waals surface area contributed by atoms with E-state index in [4.69, 9.17) is 17.5 Å². The minimum absolute atomic E-state index is 0.319.